The number of rotatable bonds is 4. The summed E-state index contributed by atoms with van der Waals surface area (Å²) in [6, 6.07) is 1.75. The summed E-state index contributed by atoms with van der Waals surface area (Å²) in [5.74, 6) is 1.19. The third-order valence-electron chi connectivity index (χ3n) is 4.26. The minimum atomic E-state index is -0.355. The summed E-state index contributed by atoms with van der Waals surface area (Å²) < 4.78 is 0. The van der Waals surface area contributed by atoms with Crippen molar-refractivity contribution in [2.45, 2.75) is 25.7 Å². The quantitative estimate of drug-likeness (QED) is 0.851. The number of thioether (sulfide) groups is 1. The average Bonchev–Trinajstić information content (AvgIpc) is 2.85. The molecule has 23 heavy (non-hydrogen) atoms. The van der Waals surface area contributed by atoms with Gasteiger partial charge >= 0.3 is 0 Å². The van der Waals surface area contributed by atoms with Crippen LogP contribution in [0.5, 0.6) is 0 Å². The van der Waals surface area contributed by atoms with Gasteiger partial charge in [-0.25, -0.2) is 9.97 Å². The molecule has 1 aromatic heterocycles. The summed E-state index contributed by atoms with van der Waals surface area (Å²) in [4.78, 5) is 34.3. The molecule has 3 heterocycles. The van der Waals surface area contributed by atoms with Crippen LogP contribution in [-0.2, 0) is 11.2 Å². The van der Waals surface area contributed by atoms with E-state index >= 15 is 0 Å². The Morgan fingerprint density at radius 1 is 1.39 bits per heavy atom. The van der Waals surface area contributed by atoms with Crippen molar-refractivity contribution < 1.29 is 9.59 Å². The molecule has 0 saturated carbocycles. The van der Waals surface area contributed by atoms with Gasteiger partial charge in [-0.2, -0.15) is 0 Å². The third kappa shape index (κ3) is 4.39. The maximum atomic E-state index is 11.6. The number of piperidine rings is 1. The molecule has 0 spiro atoms. The average molecular weight is 332 g/mol. The molecule has 2 aliphatic heterocycles. The minimum absolute atomic E-state index is 0.335. The van der Waals surface area contributed by atoms with Crippen molar-refractivity contribution in [2.75, 3.05) is 20.1 Å². The van der Waals surface area contributed by atoms with Crippen molar-refractivity contribution in [3.63, 3.8) is 0 Å². The zero-order valence-corrected chi connectivity index (χ0v) is 13.9. The highest BCUT2D eigenvalue weighted by molar-refractivity contribution is 8.18. The maximum Gasteiger partial charge on any atom is 0.290 e. The molecular formula is C16H20N4O2S. The van der Waals surface area contributed by atoms with Gasteiger partial charge in [-0.3, -0.25) is 14.9 Å². The Morgan fingerprint density at radius 2 is 2.17 bits per heavy atom. The first-order valence-electron chi connectivity index (χ1n) is 7.85. The molecule has 2 amide bonds. The van der Waals surface area contributed by atoms with E-state index in [-0.39, 0.29) is 11.1 Å². The van der Waals surface area contributed by atoms with Gasteiger partial charge in [0.2, 0.25) is 0 Å². The molecule has 0 aliphatic carbocycles. The second-order valence-corrected chi connectivity index (χ2v) is 7.05. The Morgan fingerprint density at radius 3 is 2.87 bits per heavy atom. The Balaban J connectivity index is 1.60. The zero-order chi connectivity index (χ0) is 16.2. The molecule has 0 unspecified atom stereocenters. The number of nitrogens with zero attached hydrogens (tertiary/aromatic N) is 3. The van der Waals surface area contributed by atoms with E-state index in [1.54, 1.807) is 18.3 Å². The smallest absolute Gasteiger partial charge is 0.290 e. The second-order valence-electron chi connectivity index (χ2n) is 6.04. The standard InChI is InChI=1S/C16H20N4O2S/c1-20-8-5-11(6-9-20)2-3-14-17-7-4-12(18-14)10-13-15(21)19-16(22)23-13/h4,7,10-11H,2-3,5-6,8-9H2,1H3,(H,19,21,22)/b13-10-. The summed E-state index contributed by atoms with van der Waals surface area (Å²) in [5, 5.41) is 1.91. The first kappa shape index (κ1) is 16.1. The number of hydrogen-bond acceptors (Lipinski definition) is 6. The van der Waals surface area contributed by atoms with Crippen molar-refractivity contribution in [3.05, 3.63) is 28.7 Å². The molecule has 0 aromatic carbocycles. The van der Waals surface area contributed by atoms with Gasteiger partial charge in [0, 0.05) is 12.6 Å². The fourth-order valence-corrected chi connectivity index (χ4v) is 3.52. The van der Waals surface area contributed by atoms with Crippen LogP contribution in [0.2, 0.25) is 0 Å². The predicted octanol–water partition coefficient (Wildman–Crippen LogP) is 2.07. The first-order chi connectivity index (χ1) is 11.1. The van der Waals surface area contributed by atoms with E-state index in [0.29, 0.717) is 10.6 Å². The molecule has 0 bridgehead atoms. The van der Waals surface area contributed by atoms with E-state index in [9.17, 15) is 9.59 Å². The van der Waals surface area contributed by atoms with Crippen LogP contribution < -0.4 is 5.32 Å². The van der Waals surface area contributed by atoms with Crippen LogP contribution in [0.3, 0.4) is 0 Å². The van der Waals surface area contributed by atoms with Crippen LogP contribution in [0.4, 0.5) is 4.79 Å². The third-order valence-corrected chi connectivity index (χ3v) is 5.07. The summed E-state index contributed by atoms with van der Waals surface area (Å²) in [6.07, 6.45) is 7.78. The van der Waals surface area contributed by atoms with Crippen LogP contribution >= 0.6 is 11.8 Å². The zero-order valence-electron chi connectivity index (χ0n) is 13.1. The summed E-state index contributed by atoms with van der Waals surface area (Å²) in [6.45, 7) is 2.33. The normalized spacial score (nSPS) is 21.9. The molecule has 0 radical (unpaired) electrons. The fourth-order valence-electron chi connectivity index (χ4n) is 2.85. The van der Waals surface area contributed by atoms with Crippen molar-refractivity contribution >= 4 is 29.0 Å². The molecule has 2 fully saturated rings. The van der Waals surface area contributed by atoms with Crippen molar-refractivity contribution in [1.29, 1.82) is 0 Å². The number of amides is 2. The lowest BCUT2D eigenvalue weighted by molar-refractivity contribution is -0.115. The number of nitrogens with one attached hydrogen (secondary N) is 1. The van der Waals surface area contributed by atoms with Crippen LogP contribution in [0.1, 0.15) is 30.8 Å². The number of aromatic nitrogens is 2. The highest BCUT2D eigenvalue weighted by atomic mass is 32.2. The lowest BCUT2D eigenvalue weighted by atomic mass is 9.92. The number of carbonyl (C=O) groups is 2. The van der Waals surface area contributed by atoms with E-state index < -0.39 is 0 Å². The highest BCUT2D eigenvalue weighted by Crippen LogP contribution is 2.25. The molecule has 0 atom stereocenters. The van der Waals surface area contributed by atoms with Crippen LogP contribution in [0.25, 0.3) is 6.08 Å². The van der Waals surface area contributed by atoms with Gasteiger partial charge in [0.15, 0.2) is 0 Å². The summed E-state index contributed by atoms with van der Waals surface area (Å²) >= 11 is 0.907. The first-order valence-corrected chi connectivity index (χ1v) is 8.67. The Bertz CT molecular complexity index is 639. The van der Waals surface area contributed by atoms with Crippen molar-refractivity contribution in [1.82, 2.24) is 20.2 Å². The summed E-state index contributed by atoms with van der Waals surface area (Å²) in [7, 11) is 2.16. The van der Waals surface area contributed by atoms with Gasteiger partial charge in [-0.15, -0.1) is 0 Å². The van der Waals surface area contributed by atoms with Crippen LogP contribution in [0.15, 0.2) is 17.2 Å². The Labute approximate surface area is 139 Å². The molecule has 122 valence electrons. The van der Waals surface area contributed by atoms with Gasteiger partial charge in [-0.1, -0.05) is 0 Å². The van der Waals surface area contributed by atoms with E-state index in [2.05, 4.69) is 27.2 Å². The van der Waals surface area contributed by atoms with Crippen LogP contribution in [-0.4, -0.2) is 46.2 Å². The van der Waals surface area contributed by atoms with Gasteiger partial charge < -0.3 is 4.90 Å². The Hall–Kier alpha value is -1.73. The van der Waals surface area contributed by atoms with Gasteiger partial charge in [0.05, 0.1) is 10.6 Å². The van der Waals surface area contributed by atoms with Gasteiger partial charge in [-0.05, 0) is 69.2 Å². The van der Waals surface area contributed by atoms with Crippen molar-refractivity contribution in [2.24, 2.45) is 5.92 Å². The monoisotopic (exact) mass is 332 g/mol. The molecule has 3 rings (SSSR count). The maximum absolute atomic E-state index is 11.6. The second kappa shape index (κ2) is 7.23. The predicted molar refractivity (Wildman–Crippen MR) is 89.7 cm³/mol. The van der Waals surface area contributed by atoms with E-state index in [4.69, 9.17) is 0 Å². The summed E-state index contributed by atoms with van der Waals surface area (Å²) in [5.41, 5.74) is 0.672. The molecule has 7 heteroatoms. The number of hydrogen-bond donors (Lipinski definition) is 1. The largest absolute Gasteiger partial charge is 0.306 e. The molecular weight excluding hydrogens is 312 g/mol. The number of aryl methyl sites for hydroxylation is 1. The van der Waals surface area contributed by atoms with E-state index in [0.717, 1.165) is 49.4 Å². The topological polar surface area (TPSA) is 75.2 Å². The SMILES string of the molecule is CN1CCC(CCc2nccc(/C=C3\SC(=O)NC3=O)n2)CC1. The van der Waals surface area contributed by atoms with Crippen LogP contribution in [0, 0.1) is 5.92 Å². The highest BCUT2D eigenvalue weighted by Gasteiger charge is 2.25. The Kier molecular flexibility index (Phi) is 5.07. The van der Waals surface area contributed by atoms with Gasteiger partial charge in [0.25, 0.3) is 11.1 Å². The molecule has 2 saturated heterocycles. The molecule has 1 N–H and O–H groups in total. The lowest BCUT2D eigenvalue weighted by Crippen LogP contribution is -2.30. The lowest BCUT2D eigenvalue weighted by Gasteiger charge is -2.28. The number of likely N-dealkylation sites (tertiary alicyclic amines) is 1. The number of carbonyl (C=O) groups excluding carboxylic acids is 2. The number of imide groups is 1. The van der Waals surface area contributed by atoms with E-state index in [1.807, 2.05) is 0 Å². The molecule has 6 nitrogen and oxygen atoms in total. The van der Waals surface area contributed by atoms with Gasteiger partial charge in [0.1, 0.15) is 5.82 Å². The fraction of sp³-hybridized carbons (Fsp3) is 0.500. The molecule has 2 aliphatic rings. The molecule has 1 aromatic rings. The minimum Gasteiger partial charge on any atom is -0.306 e. The van der Waals surface area contributed by atoms with E-state index in [1.165, 1.54) is 12.8 Å². The van der Waals surface area contributed by atoms with Crippen molar-refractivity contribution in [3.8, 4) is 0 Å².